The molecule has 2 aromatic carbocycles. The lowest BCUT2D eigenvalue weighted by atomic mass is 10.1. The van der Waals surface area contributed by atoms with Crippen LogP contribution in [0.15, 0.2) is 64.2 Å². The van der Waals surface area contributed by atoms with E-state index in [1.807, 2.05) is 68.4 Å². The smallest absolute Gasteiger partial charge is 0.277 e. The molecule has 0 saturated heterocycles. The first-order chi connectivity index (χ1) is 12.0. The highest BCUT2D eigenvalue weighted by Crippen LogP contribution is 2.28. The molecule has 6 heteroatoms. The Kier molecular flexibility index (Phi) is 5.19. The summed E-state index contributed by atoms with van der Waals surface area (Å²) in [5.74, 6) is 0.439. The van der Waals surface area contributed by atoms with Gasteiger partial charge in [-0.15, -0.1) is 10.2 Å². The standard InChI is InChI=1S/C19H19N3O2S/c1-13-8-7-9-15(12-13)17-20-21-19(24-17)25-14(2)18(23)22(3)16-10-5-4-6-11-16/h4-12,14H,1-3H3/t14-/m1/s1. The Morgan fingerprint density at radius 2 is 1.88 bits per heavy atom. The summed E-state index contributed by atoms with van der Waals surface area (Å²) >= 11 is 1.26. The van der Waals surface area contributed by atoms with Crippen LogP contribution in [0, 0.1) is 6.92 Å². The number of benzene rings is 2. The minimum Gasteiger partial charge on any atom is -0.411 e. The van der Waals surface area contributed by atoms with E-state index in [0.717, 1.165) is 16.8 Å². The van der Waals surface area contributed by atoms with E-state index in [2.05, 4.69) is 10.2 Å². The number of carbonyl (C=O) groups is 1. The molecule has 0 saturated carbocycles. The van der Waals surface area contributed by atoms with Crippen LogP contribution < -0.4 is 4.90 Å². The summed E-state index contributed by atoms with van der Waals surface area (Å²) in [5.41, 5.74) is 2.85. The van der Waals surface area contributed by atoms with Gasteiger partial charge in [-0.1, -0.05) is 47.7 Å². The van der Waals surface area contributed by atoms with Gasteiger partial charge in [0, 0.05) is 18.3 Å². The predicted octanol–water partition coefficient (Wildman–Crippen LogP) is 4.19. The van der Waals surface area contributed by atoms with Gasteiger partial charge in [-0.05, 0) is 38.1 Å². The van der Waals surface area contributed by atoms with Crippen LogP contribution in [0.1, 0.15) is 12.5 Å². The lowest BCUT2D eigenvalue weighted by Gasteiger charge is -2.20. The van der Waals surface area contributed by atoms with Crippen molar-refractivity contribution in [2.75, 3.05) is 11.9 Å². The average molecular weight is 353 g/mol. The van der Waals surface area contributed by atoms with Crippen LogP contribution in [0.3, 0.4) is 0 Å². The fourth-order valence-electron chi connectivity index (χ4n) is 2.41. The first kappa shape index (κ1) is 17.2. The number of aryl methyl sites for hydroxylation is 1. The van der Waals surface area contributed by atoms with Crippen LogP contribution in [0.2, 0.25) is 0 Å². The van der Waals surface area contributed by atoms with Crippen molar-refractivity contribution in [3.05, 3.63) is 60.2 Å². The van der Waals surface area contributed by atoms with Gasteiger partial charge >= 0.3 is 0 Å². The number of para-hydroxylation sites is 1. The molecule has 1 aromatic heterocycles. The molecule has 0 aliphatic heterocycles. The second-order valence-electron chi connectivity index (χ2n) is 5.74. The van der Waals surface area contributed by atoms with Crippen molar-refractivity contribution in [1.82, 2.24) is 10.2 Å². The Hall–Kier alpha value is -2.60. The van der Waals surface area contributed by atoms with E-state index in [9.17, 15) is 4.79 Å². The summed E-state index contributed by atoms with van der Waals surface area (Å²) in [4.78, 5) is 14.2. The molecule has 3 rings (SSSR count). The Bertz CT molecular complexity index is 864. The van der Waals surface area contributed by atoms with Gasteiger partial charge in [-0.2, -0.15) is 0 Å². The summed E-state index contributed by atoms with van der Waals surface area (Å²) in [5, 5.41) is 8.18. The Balaban J connectivity index is 1.69. The topological polar surface area (TPSA) is 59.2 Å². The van der Waals surface area contributed by atoms with Gasteiger partial charge in [-0.25, -0.2) is 0 Å². The van der Waals surface area contributed by atoms with Gasteiger partial charge < -0.3 is 9.32 Å². The molecule has 0 spiro atoms. The van der Waals surface area contributed by atoms with Gasteiger partial charge in [0.05, 0.1) is 5.25 Å². The number of anilines is 1. The molecule has 3 aromatic rings. The van der Waals surface area contributed by atoms with Crippen LogP contribution in [-0.2, 0) is 4.79 Å². The number of rotatable bonds is 5. The van der Waals surface area contributed by atoms with Gasteiger partial charge in [0.2, 0.25) is 11.8 Å². The maximum atomic E-state index is 12.6. The van der Waals surface area contributed by atoms with Crippen LogP contribution in [0.5, 0.6) is 0 Å². The minimum atomic E-state index is -0.337. The first-order valence-electron chi connectivity index (χ1n) is 7.94. The molecule has 1 atom stereocenters. The maximum Gasteiger partial charge on any atom is 0.277 e. The van der Waals surface area contributed by atoms with E-state index in [-0.39, 0.29) is 11.2 Å². The molecule has 1 heterocycles. The third-order valence-corrected chi connectivity index (χ3v) is 4.69. The Labute approximate surface area is 151 Å². The zero-order valence-corrected chi connectivity index (χ0v) is 15.2. The number of nitrogens with zero attached hydrogens (tertiary/aromatic N) is 3. The van der Waals surface area contributed by atoms with Crippen molar-refractivity contribution in [2.45, 2.75) is 24.3 Å². The number of thioether (sulfide) groups is 1. The van der Waals surface area contributed by atoms with E-state index >= 15 is 0 Å². The average Bonchev–Trinajstić information content (AvgIpc) is 3.09. The van der Waals surface area contributed by atoms with E-state index in [0.29, 0.717) is 11.1 Å². The molecule has 0 unspecified atom stereocenters. The van der Waals surface area contributed by atoms with Crippen molar-refractivity contribution in [2.24, 2.45) is 0 Å². The largest absolute Gasteiger partial charge is 0.411 e. The minimum absolute atomic E-state index is 0.0218. The number of aromatic nitrogens is 2. The van der Waals surface area contributed by atoms with Gasteiger partial charge in [-0.3, -0.25) is 4.79 Å². The van der Waals surface area contributed by atoms with Crippen LogP contribution in [0.4, 0.5) is 5.69 Å². The third kappa shape index (κ3) is 4.09. The number of hydrogen-bond donors (Lipinski definition) is 0. The van der Waals surface area contributed by atoms with Gasteiger partial charge in [0.25, 0.3) is 5.22 Å². The molecule has 0 aliphatic carbocycles. The SMILES string of the molecule is Cc1cccc(-c2nnc(S[C@H](C)C(=O)N(C)c3ccccc3)o2)c1. The van der Waals surface area contributed by atoms with Crippen LogP contribution >= 0.6 is 11.8 Å². The van der Waals surface area contributed by atoms with Crippen molar-refractivity contribution < 1.29 is 9.21 Å². The highest BCUT2D eigenvalue weighted by Gasteiger charge is 2.22. The molecule has 1 amide bonds. The van der Waals surface area contributed by atoms with E-state index in [4.69, 9.17) is 4.42 Å². The molecule has 0 fully saturated rings. The molecule has 128 valence electrons. The van der Waals surface area contributed by atoms with Crippen molar-refractivity contribution in [3.63, 3.8) is 0 Å². The second kappa shape index (κ2) is 7.53. The zero-order chi connectivity index (χ0) is 17.8. The maximum absolute atomic E-state index is 12.6. The highest BCUT2D eigenvalue weighted by molar-refractivity contribution is 8.00. The molecule has 0 aliphatic rings. The highest BCUT2D eigenvalue weighted by atomic mass is 32.2. The van der Waals surface area contributed by atoms with Crippen LogP contribution in [0.25, 0.3) is 11.5 Å². The summed E-state index contributed by atoms with van der Waals surface area (Å²) in [6, 6.07) is 17.4. The molecular formula is C19H19N3O2S. The number of amides is 1. The van der Waals surface area contributed by atoms with E-state index < -0.39 is 0 Å². The third-order valence-electron chi connectivity index (χ3n) is 3.77. The number of hydrogen-bond acceptors (Lipinski definition) is 5. The normalized spacial score (nSPS) is 12.0. The fourth-order valence-corrected chi connectivity index (χ4v) is 3.18. The fraction of sp³-hybridized carbons (Fsp3) is 0.211. The molecule has 0 radical (unpaired) electrons. The van der Waals surface area contributed by atoms with Crippen molar-refractivity contribution in [3.8, 4) is 11.5 Å². The molecule has 5 nitrogen and oxygen atoms in total. The summed E-state index contributed by atoms with van der Waals surface area (Å²) < 4.78 is 5.70. The van der Waals surface area contributed by atoms with Crippen molar-refractivity contribution in [1.29, 1.82) is 0 Å². The first-order valence-corrected chi connectivity index (χ1v) is 8.82. The molecular weight excluding hydrogens is 334 g/mol. The molecule has 0 N–H and O–H groups in total. The predicted molar refractivity (Wildman–Crippen MR) is 99.6 cm³/mol. The lowest BCUT2D eigenvalue weighted by Crippen LogP contribution is -2.33. The van der Waals surface area contributed by atoms with E-state index in [1.165, 1.54) is 11.8 Å². The lowest BCUT2D eigenvalue weighted by molar-refractivity contribution is -0.117. The van der Waals surface area contributed by atoms with Crippen LogP contribution in [-0.4, -0.2) is 28.4 Å². The number of carbonyl (C=O) groups excluding carboxylic acids is 1. The summed E-state index contributed by atoms with van der Waals surface area (Å²) in [6.45, 7) is 3.85. The Morgan fingerprint density at radius 3 is 2.60 bits per heavy atom. The zero-order valence-electron chi connectivity index (χ0n) is 14.3. The Morgan fingerprint density at radius 1 is 1.12 bits per heavy atom. The molecule has 0 bridgehead atoms. The second-order valence-corrected chi connectivity index (χ2v) is 7.03. The van der Waals surface area contributed by atoms with Gasteiger partial charge in [0.15, 0.2) is 0 Å². The summed E-state index contributed by atoms with van der Waals surface area (Å²) in [7, 11) is 1.76. The van der Waals surface area contributed by atoms with Gasteiger partial charge in [0.1, 0.15) is 0 Å². The monoisotopic (exact) mass is 353 g/mol. The molecule has 25 heavy (non-hydrogen) atoms. The summed E-state index contributed by atoms with van der Waals surface area (Å²) in [6.07, 6.45) is 0. The van der Waals surface area contributed by atoms with Crippen molar-refractivity contribution >= 4 is 23.4 Å². The van der Waals surface area contributed by atoms with E-state index in [1.54, 1.807) is 11.9 Å². The quantitative estimate of drug-likeness (QED) is 0.644.